The van der Waals surface area contributed by atoms with Crippen molar-refractivity contribution in [3.8, 4) is 0 Å². The quantitative estimate of drug-likeness (QED) is 0.916. The van der Waals surface area contributed by atoms with Crippen molar-refractivity contribution in [2.45, 2.75) is 39.7 Å². The molecule has 1 saturated heterocycles. The first-order valence-corrected chi connectivity index (χ1v) is 8.12. The van der Waals surface area contributed by atoms with Gasteiger partial charge in [-0.25, -0.2) is 4.98 Å². The molecule has 108 valence electrons. The van der Waals surface area contributed by atoms with Crippen molar-refractivity contribution >= 4 is 33.3 Å². The molecule has 2 aromatic heterocycles. The second-order valence-electron chi connectivity index (χ2n) is 5.87. The van der Waals surface area contributed by atoms with Crippen LogP contribution in [0.1, 0.15) is 31.6 Å². The van der Waals surface area contributed by atoms with Gasteiger partial charge in [0.05, 0.1) is 5.39 Å². The van der Waals surface area contributed by atoms with Gasteiger partial charge in [-0.15, -0.1) is 11.3 Å². The molecule has 0 aliphatic carbocycles. The van der Waals surface area contributed by atoms with Crippen molar-refractivity contribution in [1.82, 2.24) is 9.97 Å². The second-order valence-corrected chi connectivity index (χ2v) is 7.10. The van der Waals surface area contributed by atoms with Crippen LogP contribution in [-0.4, -0.2) is 29.6 Å². The highest BCUT2D eigenvalue weighted by Gasteiger charge is 2.26. The smallest absolute Gasteiger partial charge is 0.225 e. The zero-order valence-corrected chi connectivity index (χ0v) is 13.4. The molecule has 20 heavy (non-hydrogen) atoms. The van der Waals surface area contributed by atoms with E-state index in [-0.39, 0.29) is 0 Å². The summed E-state index contributed by atoms with van der Waals surface area (Å²) in [6, 6.07) is 2.77. The molecule has 2 atom stereocenters. The van der Waals surface area contributed by atoms with Crippen molar-refractivity contribution in [2.24, 2.45) is 5.92 Å². The fourth-order valence-corrected chi connectivity index (χ4v) is 3.95. The highest BCUT2D eigenvalue weighted by molar-refractivity contribution is 7.18. The maximum absolute atomic E-state index is 4.74. The lowest BCUT2D eigenvalue weighted by Crippen LogP contribution is -2.40. The van der Waals surface area contributed by atoms with Crippen molar-refractivity contribution in [2.75, 3.05) is 23.8 Å². The lowest BCUT2D eigenvalue weighted by atomic mass is 9.93. The third-order valence-corrected chi connectivity index (χ3v) is 5.07. The van der Waals surface area contributed by atoms with E-state index in [0.29, 0.717) is 6.04 Å². The highest BCUT2D eigenvalue weighted by Crippen LogP contribution is 2.35. The van der Waals surface area contributed by atoms with Gasteiger partial charge >= 0.3 is 0 Å². The van der Waals surface area contributed by atoms with Crippen molar-refractivity contribution in [3.63, 3.8) is 0 Å². The largest absolute Gasteiger partial charge is 0.357 e. The van der Waals surface area contributed by atoms with Crippen molar-refractivity contribution in [3.05, 3.63) is 10.9 Å². The SMILES string of the molecule is CNc1nc(N2CCC(C)CC2C)c2cc(C)sc2n1. The molecular weight excluding hydrogens is 268 g/mol. The molecule has 2 unspecified atom stereocenters. The minimum Gasteiger partial charge on any atom is -0.357 e. The van der Waals surface area contributed by atoms with E-state index in [0.717, 1.165) is 29.1 Å². The van der Waals surface area contributed by atoms with Crippen LogP contribution in [-0.2, 0) is 0 Å². The molecule has 0 radical (unpaired) electrons. The molecule has 0 aromatic carbocycles. The number of hydrogen-bond donors (Lipinski definition) is 1. The Bertz CT molecular complexity index is 622. The topological polar surface area (TPSA) is 41.1 Å². The number of rotatable bonds is 2. The van der Waals surface area contributed by atoms with E-state index in [4.69, 9.17) is 4.98 Å². The minimum atomic E-state index is 0.543. The van der Waals surface area contributed by atoms with E-state index in [1.165, 1.54) is 23.1 Å². The summed E-state index contributed by atoms with van der Waals surface area (Å²) >= 11 is 1.74. The van der Waals surface area contributed by atoms with Gasteiger partial charge in [-0.1, -0.05) is 6.92 Å². The van der Waals surface area contributed by atoms with Crippen LogP contribution in [0.4, 0.5) is 11.8 Å². The van der Waals surface area contributed by atoms with Crippen LogP contribution in [0, 0.1) is 12.8 Å². The lowest BCUT2D eigenvalue weighted by molar-refractivity contribution is 0.376. The van der Waals surface area contributed by atoms with E-state index < -0.39 is 0 Å². The van der Waals surface area contributed by atoms with Crippen LogP contribution in [0.5, 0.6) is 0 Å². The summed E-state index contributed by atoms with van der Waals surface area (Å²) in [7, 11) is 1.88. The first-order chi connectivity index (χ1) is 9.58. The number of aromatic nitrogens is 2. The van der Waals surface area contributed by atoms with E-state index in [2.05, 4.69) is 42.0 Å². The summed E-state index contributed by atoms with van der Waals surface area (Å²) in [5.74, 6) is 2.63. The zero-order valence-electron chi connectivity index (χ0n) is 12.6. The second kappa shape index (κ2) is 5.20. The van der Waals surface area contributed by atoms with Crippen LogP contribution in [0.2, 0.25) is 0 Å². The number of fused-ring (bicyclic) bond motifs is 1. The molecule has 1 fully saturated rings. The first-order valence-electron chi connectivity index (χ1n) is 7.31. The van der Waals surface area contributed by atoms with Crippen LogP contribution >= 0.6 is 11.3 Å². The van der Waals surface area contributed by atoms with Gasteiger partial charge in [0.25, 0.3) is 0 Å². The average molecular weight is 290 g/mol. The zero-order chi connectivity index (χ0) is 14.3. The van der Waals surface area contributed by atoms with Gasteiger partial charge in [-0.3, -0.25) is 0 Å². The molecule has 0 spiro atoms. The molecule has 3 heterocycles. The number of thiophene rings is 1. The monoisotopic (exact) mass is 290 g/mol. The Kier molecular flexibility index (Phi) is 3.54. The van der Waals surface area contributed by atoms with Gasteiger partial charge in [-0.2, -0.15) is 4.98 Å². The molecule has 4 nitrogen and oxygen atoms in total. The molecule has 3 rings (SSSR count). The average Bonchev–Trinajstić information content (AvgIpc) is 2.78. The van der Waals surface area contributed by atoms with E-state index in [1.54, 1.807) is 11.3 Å². The number of piperidine rings is 1. The Hall–Kier alpha value is -1.36. The molecule has 2 aromatic rings. The predicted octanol–water partition coefficient (Wildman–Crippen LogP) is 3.67. The van der Waals surface area contributed by atoms with E-state index in [1.807, 2.05) is 7.05 Å². The van der Waals surface area contributed by atoms with Crippen LogP contribution in [0.25, 0.3) is 10.2 Å². The van der Waals surface area contributed by atoms with Gasteiger partial charge in [0.15, 0.2) is 0 Å². The van der Waals surface area contributed by atoms with E-state index >= 15 is 0 Å². The summed E-state index contributed by atoms with van der Waals surface area (Å²) in [5.41, 5.74) is 0. The maximum atomic E-state index is 4.74. The van der Waals surface area contributed by atoms with Gasteiger partial charge < -0.3 is 10.2 Å². The Morgan fingerprint density at radius 2 is 2.15 bits per heavy atom. The molecule has 1 aliphatic heterocycles. The van der Waals surface area contributed by atoms with Crippen LogP contribution in [0.15, 0.2) is 6.07 Å². The standard InChI is InChI=1S/C15H22N4S/c1-9-5-6-19(10(2)7-9)13-12-8-11(3)20-14(12)18-15(16-4)17-13/h8-10H,5-7H2,1-4H3,(H,16,17,18). The number of aryl methyl sites for hydroxylation is 1. The van der Waals surface area contributed by atoms with Crippen molar-refractivity contribution in [1.29, 1.82) is 0 Å². The lowest BCUT2D eigenvalue weighted by Gasteiger charge is -2.37. The summed E-state index contributed by atoms with van der Waals surface area (Å²) in [4.78, 5) is 14.2. The normalized spacial score (nSPS) is 23.3. The summed E-state index contributed by atoms with van der Waals surface area (Å²) in [5, 5.41) is 4.29. The van der Waals surface area contributed by atoms with Gasteiger partial charge in [0, 0.05) is 24.5 Å². The highest BCUT2D eigenvalue weighted by atomic mass is 32.1. The number of nitrogens with zero attached hydrogens (tertiary/aromatic N) is 3. The number of anilines is 2. The fraction of sp³-hybridized carbons (Fsp3) is 0.600. The Balaban J connectivity index is 2.09. The van der Waals surface area contributed by atoms with Gasteiger partial charge in [0.1, 0.15) is 10.6 Å². The molecule has 0 amide bonds. The Morgan fingerprint density at radius 1 is 1.35 bits per heavy atom. The Labute approximate surface area is 124 Å². The van der Waals surface area contributed by atoms with Crippen LogP contribution < -0.4 is 10.2 Å². The summed E-state index contributed by atoms with van der Waals surface area (Å²) < 4.78 is 0. The molecule has 0 bridgehead atoms. The minimum absolute atomic E-state index is 0.543. The molecular formula is C15H22N4S. The maximum Gasteiger partial charge on any atom is 0.225 e. The Morgan fingerprint density at radius 3 is 2.85 bits per heavy atom. The molecule has 0 saturated carbocycles. The fourth-order valence-electron chi connectivity index (χ4n) is 3.08. The molecule has 5 heteroatoms. The van der Waals surface area contributed by atoms with Crippen molar-refractivity contribution < 1.29 is 0 Å². The van der Waals surface area contributed by atoms with Gasteiger partial charge in [-0.05, 0) is 38.7 Å². The first kappa shape index (κ1) is 13.6. The van der Waals surface area contributed by atoms with Gasteiger partial charge in [0.2, 0.25) is 5.95 Å². The van der Waals surface area contributed by atoms with E-state index in [9.17, 15) is 0 Å². The number of hydrogen-bond acceptors (Lipinski definition) is 5. The predicted molar refractivity (Wildman–Crippen MR) is 86.9 cm³/mol. The third-order valence-electron chi connectivity index (χ3n) is 4.13. The molecule has 1 aliphatic rings. The van der Waals surface area contributed by atoms with Crippen LogP contribution in [0.3, 0.4) is 0 Å². The summed E-state index contributed by atoms with van der Waals surface area (Å²) in [6.07, 6.45) is 2.48. The molecule has 1 N–H and O–H groups in total. The number of nitrogens with one attached hydrogen (secondary N) is 1. The third kappa shape index (κ3) is 2.35. The summed E-state index contributed by atoms with van der Waals surface area (Å²) in [6.45, 7) is 7.88.